The number of hydrogen-bond acceptors (Lipinski definition) is 8. The van der Waals surface area contributed by atoms with Gasteiger partial charge in [0.1, 0.15) is 11.6 Å². The van der Waals surface area contributed by atoms with Crippen molar-refractivity contribution in [3.05, 3.63) is 62.9 Å². The van der Waals surface area contributed by atoms with Gasteiger partial charge in [0.25, 0.3) is 11.1 Å². The zero-order chi connectivity index (χ0) is 22.4. The molecule has 0 amide bonds. The summed E-state index contributed by atoms with van der Waals surface area (Å²) in [5, 5.41) is 4.38. The minimum Gasteiger partial charge on any atom is -0.480 e. The maximum absolute atomic E-state index is 12.7. The second-order valence-electron chi connectivity index (χ2n) is 8.67. The van der Waals surface area contributed by atoms with E-state index in [0.29, 0.717) is 32.2 Å². The molecule has 3 aromatic rings. The van der Waals surface area contributed by atoms with Crippen LogP contribution in [-0.2, 0) is 17.8 Å². The summed E-state index contributed by atoms with van der Waals surface area (Å²) in [7, 11) is 0. The van der Waals surface area contributed by atoms with E-state index in [1.165, 1.54) is 0 Å². The summed E-state index contributed by atoms with van der Waals surface area (Å²) in [6.07, 6.45) is 1.85. The fourth-order valence-corrected chi connectivity index (χ4v) is 5.75. The van der Waals surface area contributed by atoms with Crippen molar-refractivity contribution in [1.82, 2.24) is 24.3 Å². The molecule has 0 radical (unpaired) electrons. The summed E-state index contributed by atoms with van der Waals surface area (Å²) in [4.78, 5) is 33.0. The molecule has 0 saturated carbocycles. The monoisotopic (exact) mass is 467 g/mol. The lowest BCUT2D eigenvalue weighted by atomic mass is 10.2. The normalized spacial score (nSPS) is 21.9. The Morgan fingerprint density at radius 2 is 2.03 bits per heavy atom. The van der Waals surface area contributed by atoms with Crippen LogP contribution in [0.5, 0.6) is 5.75 Å². The quantitative estimate of drug-likeness (QED) is 0.575. The average molecular weight is 468 g/mol. The number of nitrogens with zero attached hydrogens (tertiary/aromatic N) is 4. The molecule has 3 aliphatic heterocycles. The molecule has 1 fully saturated rings. The van der Waals surface area contributed by atoms with Crippen LogP contribution in [0.3, 0.4) is 0 Å². The summed E-state index contributed by atoms with van der Waals surface area (Å²) in [5.41, 5.74) is 1.61. The minimum absolute atomic E-state index is 0.0544. The highest BCUT2D eigenvalue weighted by molar-refractivity contribution is 7.99. The summed E-state index contributed by atoms with van der Waals surface area (Å²) >= 11 is 1.69. The van der Waals surface area contributed by atoms with Crippen LogP contribution in [0.1, 0.15) is 11.7 Å². The standard InChI is InChI=1S/C23H25N5O4S/c29-21-3-1-15-2-4-22(30)28-17(12-27(21)23(15)28)11-26-5-6-31-18(13-26)9-24-8-16-7-20-19(10-25-16)32-14-33-20/h1-4,7,10,17-18,24H,5-6,8-9,11-14H2/t17-,18?/m1/s1. The van der Waals surface area contributed by atoms with E-state index >= 15 is 0 Å². The van der Waals surface area contributed by atoms with E-state index in [-0.39, 0.29) is 23.3 Å². The number of fused-ring (bicyclic) bond motifs is 1. The molecule has 3 aromatic heterocycles. The second-order valence-corrected chi connectivity index (χ2v) is 9.63. The molecule has 1 unspecified atom stereocenters. The van der Waals surface area contributed by atoms with Gasteiger partial charge in [-0.1, -0.05) is 11.8 Å². The average Bonchev–Trinajstić information content (AvgIpc) is 3.44. The largest absolute Gasteiger partial charge is 0.480 e. The number of rotatable bonds is 6. The first-order valence-corrected chi connectivity index (χ1v) is 12.2. The third-order valence-electron chi connectivity index (χ3n) is 6.50. The Balaban J connectivity index is 1.09. The Labute approximate surface area is 194 Å². The van der Waals surface area contributed by atoms with E-state index in [0.717, 1.165) is 47.0 Å². The third kappa shape index (κ3) is 3.97. The minimum atomic E-state index is -0.0571. The first kappa shape index (κ1) is 20.9. The topological polar surface area (TPSA) is 90.6 Å². The van der Waals surface area contributed by atoms with E-state index < -0.39 is 0 Å². The molecule has 1 N–H and O–H groups in total. The van der Waals surface area contributed by atoms with Crippen molar-refractivity contribution < 1.29 is 9.47 Å². The van der Waals surface area contributed by atoms with E-state index in [4.69, 9.17) is 9.47 Å². The van der Waals surface area contributed by atoms with Crippen molar-refractivity contribution in [1.29, 1.82) is 0 Å². The Kier molecular flexibility index (Phi) is 5.45. The van der Waals surface area contributed by atoms with Crippen molar-refractivity contribution in [3.8, 4) is 5.75 Å². The first-order chi connectivity index (χ1) is 16.2. The Morgan fingerprint density at radius 3 is 2.94 bits per heavy atom. The third-order valence-corrected chi connectivity index (χ3v) is 7.37. The Morgan fingerprint density at radius 1 is 1.15 bits per heavy atom. The Hall–Kier alpha value is -2.66. The Bertz CT molecular complexity index is 1320. The van der Waals surface area contributed by atoms with Gasteiger partial charge in [0, 0.05) is 56.8 Å². The van der Waals surface area contributed by atoms with E-state index in [1.54, 1.807) is 51.4 Å². The van der Waals surface area contributed by atoms with E-state index in [9.17, 15) is 9.59 Å². The molecule has 172 valence electrons. The molecule has 6 rings (SSSR count). The van der Waals surface area contributed by atoms with Gasteiger partial charge in [-0.25, -0.2) is 0 Å². The van der Waals surface area contributed by atoms with Gasteiger partial charge in [0.05, 0.1) is 35.5 Å². The maximum atomic E-state index is 12.7. The van der Waals surface area contributed by atoms with Crippen molar-refractivity contribution in [2.45, 2.75) is 30.1 Å². The molecule has 0 aromatic carbocycles. The van der Waals surface area contributed by atoms with Gasteiger partial charge < -0.3 is 14.8 Å². The lowest BCUT2D eigenvalue weighted by Crippen LogP contribution is -2.48. The van der Waals surface area contributed by atoms with Crippen LogP contribution < -0.4 is 21.2 Å². The van der Waals surface area contributed by atoms with Gasteiger partial charge >= 0.3 is 0 Å². The van der Waals surface area contributed by atoms with Crippen LogP contribution in [0.2, 0.25) is 0 Å². The lowest BCUT2D eigenvalue weighted by Gasteiger charge is -2.34. The summed E-state index contributed by atoms with van der Waals surface area (Å²) in [6.45, 7) is 4.87. The molecule has 3 aliphatic rings. The summed E-state index contributed by atoms with van der Waals surface area (Å²) < 4.78 is 15.0. The van der Waals surface area contributed by atoms with Gasteiger partial charge in [0.15, 0.2) is 5.75 Å². The number of thioether (sulfide) groups is 1. The van der Waals surface area contributed by atoms with Crippen LogP contribution in [0.15, 0.2) is 51.0 Å². The first-order valence-electron chi connectivity index (χ1n) is 11.2. The fourth-order valence-electron chi connectivity index (χ4n) is 4.96. The van der Waals surface area contributed by atoms with Gasteiger partial charge in [-0.15, -0.1) is 0 Å². The maximum Gasteiger partial charge on any atom is 0.252 e. The molecule has 0 aliphatic carbocycles. The van der Waals surface area contributed by atoms with Gasteiger partial charge in [-0.2, -0.15) is 0 Å². The predicted octanol–water partition coefficient (Wildman–Crippen LogP) is 1.05. The van der Waals surface area contributed by atoms with Crippen molar-refractivity contribution >= 4 is 22.8 Å². The SMILES string of the molecule is O=c1ccc2ccc(=O)n3c2n1C[C@H]3CN1CCOC(CNCc2cc3c(cn2)OCS3)C1. The van der Waals surface area contributed by atoms with Gasteiger partial charge in [0.2, 0.25) is 0 Å². The molecular formula is C23H25N5O4S. The molecule has 0 spiro atoms. The summed E-state index contributed by atoms with van der Waals surface area (Å²) in [5.74, 6) is 1.52. The van der Waals surface area contributed by atoms with Crippen LogP contribution in [-0.4, -0.2) is 63.8 Å². The molecule has 33 heavy (non-hydrogen) atoms. The molecule has 10 heteroatoms. The number of morpholine rings is 1. The zero-order valence-electron chi connectivity index (χ0n) is 18.1. The molecular weight excluding hydrogens is 442 g/mol. The lowest BCUT2D eigenvalue weighted by molar-refractivity contribution is -0.0311. The number of pyridine rings is 3. The van der Waals surface area contributed by atoms with Crippen molar-refractivity contribution in [3.63, 3.8) is 0 Å². The van der Waals surface area contributed by atoms with E-state index in [1.807, 2.05) is 0 Å². The van der Waals surface area contributed by atoms with Gasteiger partial charge in [-0.05, 0) is 18.2 Å². The smallest absolute Gasteiger partial charge is 0.252 e. The molecule has 9 nitrogen and oxygen atoms in total. The highest BCUT2D eigenvalue weighted by Gasteiger charge is 2.29. The zero-order valence-corrected chi connectivity index (χ0v) is 18.9. The van der Waals surface area contributed by atoms with Crippen LogP contribution in [0.4, 0.5) is 0 Å². The van der Waals surface area contributed by atoms with Crippen LogP contribution in [0.25, 0.3) is 11.0 Å². The molecule has 1 saturated heterocycles. The van der Waals surface area contributed by atoms with Crippen LogP contribution >= 0.6 is 11.8 Å². The van der Waals surface area contributed by atoms with E-state index in [2.05, 4.69) is 21.3 Å². The number of nitrogens with one attached hydrogen (secondary N) is 1. The predicted molar refractivity (Wildman–Crippen MR) is 125 cm³/mol. The second kappa shape index (κ2) is 8.60. The molecule has 0 bridgehead atoms. The molecule has 6 heterocycles. The molecule has 2 atom stereocenters. The highest BCUT2D eigenvalue weighted by Crippen LogP contribution is 2.35. The van der Waals surface area contributed by atoms with Crippen molar-refractivity contribution in [2.75, 3.05) is 38.7 Å². The number of hydrogen-bond donors (Lipinski definition) is 1. The number of aromatic nitrogens is 3. The van der Waals surface area contributed by atoms with Crippen LogP contribution in [0, 0.1) is 0 Å². The van der Waals surface area contributed by atoms with Gasteiger partial charge in [-0.3, -0.25) is 28.6 Å². The van der Waals surface area contributed by atoms with Crippen molar-refractivity contribution in [2.24, 2.45) is 0 Å². The highest BCUT2D eigenvalue weighted by atomic mass is 32.2. The fraction of sp³-hybridized carbons (Fsp3) is 0.435. The number of ether oxygens (including phenoxy) is 2. The summed E-state index contributed by atoms with van der Waals surface area (Å²) in [6, 6.07) is 8.79.